The Morgan fingerprint density at radius 3 is 1.48 bits per heavy atom. The van der Waals surface area contributed by atoms with E-state index >= 15 is 0 Å². The maximum Gasteiger partial charge on any atom is -1.00 e. The van der Waals surface area contributed by atoms with Crippen LogP contribution in [0.1, 0.15) is 120 Å². The van der Waals surface area contributed by atoms with E-state index < -0.39 is 21.3 Å². The van der Waals surface area contributed by atoms with Gasteiger partial charge in [-0.3, -0.25) is 0 Å². The molecule has 0 aromatic heterocycles. The van der Waals surface area contributed by atoms with Crippen molar-refractivity contribution in [2.75, 3.05) is 0 Å². The van der Waals surface area contributed by atoms with Crippen LogP contribution in [0, 0.1) is 18.3 Å². The summed E-state index contributed by atoms with van der Waals surface area (Å²) in [5.41, 5.74) is 15.3. The van der Waals surface area contributed by atoms with Gasteiger partial charge >= 0.3 is 266 Å². The quantitative estimate of drug-likeness (QED) is 0.342. The maximum atomic E-state index is 2.61. The van der Waals surface area contributed by atoms with E-state index in [0.29, 0.717) is 9.54 Å². The third kappa shape index (κ3) is 6.78. The van der Waals surface area contributed by atoms with Crippen LogP contribution in [-0.2, 0) is 32.1 Å². The average Bonchev–Trinajstić information content (AvgIpc) is 3.37. The van der Waals surface area contributed by atoms with Gasteiger partial charge in [-0.05, 0) is 0 Å². The minimum atomic E-state index is -2.63. The van der Waals surface area contributed by atoms with Gasteiger partial charge < -0.3 is 24.8 Å². The molecule has 0 nitrogen and oxygen atoms in total. The monoisotopic (exact) mass is 704 g/mol. The standard InChI is InChI=1S/C21H25.C11H17.C9H10.2ClH.Zr/c1-20(2,3)16-7-9-18-14(12-16)11-15-13-17(21(4,5)6)8-10-19(15)18;1-8-6-9(2)10(7-8)11(3,4)5;1-3-9-6-4-8(2)5-7-9;;;/h7-13H,1-6H3;7-8H,1-5H3;4-7H,1-2H3;2*1H;/q;;;;;+2/p-2. The first-order valence-corrected chi connectivity index (χ1v) is 19.8. The summed E-state index contributed by atoms with van der Waals surface area (Å²) in [5.74, 6) is 0.484. The Kier molecular flexibility index (Phi) is 10.9. The molecule has 1 atom stereocenters. The third-order valence-electron chi connectivity index (χ3n) is 9.70. The van der Waals surface area contributed by atoms with Gasteiger partial charge in [0.25, 0.3) is 0 Å². The van der Waals surface area contributed by atoms with Crippen molar-refractivity contribution in [2.24, 2.45) is 11.3 Å². The zero-order valence-electron chi connectivity index (χ0n) is 29.3. The second kappa shape index (κ2) is 12.9. The average molecular weight is 707 g/mol. The zero-order valence-corrected chi connectivity index (χ0v) is 33.2. The van der Waals surface area contributed by atoms with Crippen LogP contribution in [0.15, 0.2) is 81.2 Å². The zero-order chi connectivity index (χ0) is 30.9. The van der Waals surface area contributed by atoms with Crippen LogP contribution in [0.25, 0.3) is 11.1 Å². The van der Waals surface area contributed by atoms with Gasteiger partial charge in [0.2, 0.25) is 0 Å². The van der Waals surface area contributed by atoms with Crippen LogP contribution < -0.4 is 24.8 Å². The predicted molar refractivity (Wildman–Crippen MR) is 181 cm³/mol. The molecule has 2 aliphatic rings. The van der Waals surface area contributed by atoms with E-state index in [0.717, 1.165) is 0 Å². The van der Waals surface area contributed by atoms with Crippen molar-refractivity contribution in [1.82, 2.24) is 0 Å². The first-order valence-electron chi connectivity index (χ1n) is 15.9. The summed E-state index contributed by atoms with van der Waals surface area (Å²) >= 11 is -2.63. The smallest absolute Gasteiger partial charge is 1.00 e. The van der Waals surface area contributed by atoms with Crippen LogP contribution in [0.2, 0.25) is 0 Å². The summed E-state index contributed by atoms with van der Waals surface area (Å²) < 4.78 is 3.93. The second-order valence-electron chi connectivity index (χ2n) is 16.1. The van der Waals surface area contributed by atoms with Gasteiger partial charge in [-0.25, -0.2) is 0 Å². The molecule has 2 aliphatic carbocycles. The normalized spacial score (nSPS) is 17.0. The Hall–Kier alpha value is -1.53. The van der Waals surface area contributed by atoms with Crippen LogP contribution in [0.5, 0.6) is 0 Å². The molecule has 0 fully saturated rings. The van der Waals surface area contributed by atoms with E-state index in [4.69, 9.17) is 0 Å². The van der Waals surface area contributed by atoms with Crippen LogP contribution in [-0.4, -0.2) is 3.21 Å². The van der Waals surface area contributed by atoms with Crippen LogP contribution in [0.3, 0.4) is 0 Å². The van der Waals surface area contributed by atoms with Crippen molar-refractivity contribution in [2.45, 2.75) is 104 Å². The number of rotatable bonds is 3. The summed E-state index contributed by atoms with van der Waals surface area (Å²) in [6.45, 7) is 31.0. The predicted octanol–water partition coefficient (Wildman–Crippen LogP) is 5.42. The van der Waals surface area contributed by atoms with Gasteiger partial charge in [0.05, 0.1) is 0 Å². The summed E-state index contributed by atoms with van der Waals surface area (Å²) in [4.78, 5) is 0. The van der Waals surface area contributed by atoms with E-state index in [2.05, 4.69) is 157 Å². The molecular weight excluding hydrogens is 655 g/mol. The van der Waals surface area contributed by atoms with E-state index in [9.17, 15) is 0 Å². The van der Waals surface area contributed by atoms with Crippen molar-refractivity contribution in [3.05, 3.63) is 115 Å². The molecule has 234 valence electrons. The molecule has 0 aliphatic heterocycles. The Morgan fingerprint density at radius 2 is 1.09 bits per heavy atom. The molecule has 0 spiro atoms. The largest absolute Gasteiger partial charge is 1.00 e. The SMILES string of the molecule is CC1=[C](/[Zr+2](=[C](/C)c2ccc(C)cc2)[CH]2c3cc(C(C)(C)C)ccc3-c3ccc(C(C)(C)C)cc32)C(C)C=C1C(C)(C)C.[Cl-].[Cl-]. The maximum absolute atomic E-state index is 2.63. The topological polar surface area (TPSA) is 0 Å². The van der Waals surface area contributed by atoms with Gasteiger partial charge in [-0.1, -0.05) is 0 Å². The van der Waals surface area contributed by atoms with Crippen molar-refractivity contribution in [3.63, 3.8) is 0 Å². The Bertz CT molecular complexity index is 1580. The molecule has 0 N–H and O–H groups in total. The number of aryl methyl sites for hydroxylation is 1. The molecule has 0 saturated heterocycles. The van der Waals surface area contributed by atoms with Gasteiger partial charge in [-0.2, -0.15) is 0 Å². The van der Waals surface area contributed by atoms with Gasteiger partial charge in [0, 0.05) is 0 Å². The summed E-state index contributed by atoms with van der Waals surface area (Å²) in [5, 5.41) is 0. The molecule has 0 heterocycles. The first kappa shape index (κ1) is 36.9. The molecule has 3 aromatic carbocycles. The van der Waals surface area contributed by atoms with Crippen molar-refractivity contribution < 1.29 is 46.1 Å². The molecule has 3 aromatic rings. The van der Waals surface area contributed by atoms with Crippen molar-refractivity contribution >= 4 is 3.21 Å². The minimum Gasteiger partial charge on any atom is -1.00 e. The fourth-order valence-electron chi connectivity index (χ4n) is 7.24. The second-order valence-corrected chi connectivity index (χ2v) is 22.7. The molecule has 0 saturated carbocycles. The van der Waals surface area contributed by atoms with E-state index in [1.54, 1.807) is 28.8 Å². The Balaban J connectivity index is 0.00000264. The number of hydrogen-bond acceptors (Lipinski definition) is 0. The van der Waals surface area contributed by atoms with E-state index in [-0.39, 0.29) is 41.1 Å². The molecule has 1 unspecified atom stereocenters. The molecule has 0 bridgehead atoms. The first-order chi connectivity index (χ1) is 19.4. The van der Waals surface area contributed by atoms with E-state index in [1.165, 1.54) is 33.4 Å². The molecule has 44 heavy (non-hydrogen) atoms. The molecule has 3 heteroatoms. The van der Waals surface area contributed by atoms with Crippen LogP contribution >= 0.6 is 0 Å². The van der Waals surface area contributed by atoms with Gasteiger partial charge in [0.1, 0.15) is 0 Å². The molecule has 0 radical (unpaired) electrons. The minimum absolute atomic E-state index is 0. The molecule has 5 rings (SSSR count). The third-order valence-corrected chi connectivity index (χ3v) is 18.8. The van der Waals surface area contributed by atoms with Crippen LogP contribution in [0.4, 0.5) is 0 Å². The van der Waals surface area contributed by atoms with Gasteiger partial charge in [-0.15, -0.1) is 0 Å². The number of fused-ring (bicyclic) bond motifs is 3. The molecule has 0 amide bonds. The number of halogens is 2. The van der Waals surface area contributed by atoms with Crippen molar-refractivity contribution in [3.8, 4) is 11.1 Å². The van der Waals surface area contributed by atoms with Gasteiger partial charge in [0.15, 0.2) is 0 Å². The summed E-state index contributed by atoms with van der Waals surface area (Å²) in [6, 6.07) is 24.3. The fraction of sp³-hybridized carbons (Fsp3) is 0.439. The Morgan fingerprint density at radius 1 is 0.636 bits per heavy atom. The van der Waals surface area contributed by atoms with E-state index in [1.807, 2.05) is 0 Å². The summed E-state index contributed by atoms with van der Waals surface area (Å²) in [7, 11) is 0. The summed E-state index contributed by atoms with van der Waals surface area (Å²) in [6.07, 6.45) is 2.61. The fourth-order valence-corrected chi connectivity index (χ4v) is 16.7. The Labute approximate surface area is 288 Å². The van der Waals surface area contributed by atoms with Crippen molar-refractivity contribution in [1.29, 1.82) is 0 Å². The number of benzene rings is 3. The number of allylic oxidation sites excluding steroid dienone is 4. The number of hydrogen-bond donors (Lipinski definition) is 0. The molecular formula is C41H52Cl2Zr.